The summed E-state index contributed by atoms with van der Waals surface area (Å²) in [4.78, 5) is 0. The number of rotatable bonds is 4. The molecule has 1 rings (SSSR count). The van der Waals surface area contributed by atoms with E-state index in [-0.39, 0.29) is 12.0 Å². The molecule has 0 radical (unpaired) electrons. The van der Waals surface area contributed by atoms with Crippen LogP contribution >= 0.6 is 0 Å². The average molecular weight is 252 g/mol. The summed E-state index contributed by atoms with van der Waals surface area (Å²) in [6.07, 6.45) is 2.64. The van der Waals surface area contributed by atoms with Crippen LogP contribution in [0, 0.1) is 6.92 Å². The van der Waals surface area contributed by atoms with Gasteiger partial charge in [-0.05, 0) is 18.6 Å². The number of hydrogen-bond donors (Lipinski definition) is 1. The molecule has 0 aliphatic rings. The van der Waals surface area contributed by atoms with E-state index in [9.17, 15) is 5.11 Å². The zero-order valence-electron chi connectivity index (χ0n) is 12.7. The molecule has 1 aromatic carbocycles. The zero-order valence-corrected chi connectivity index (χ0v) is 12.7. The molecule has 0 fully saturated rings. The van der Waals surface area contributed by atoms with E-state index in [0.29, 0.717) is 0 Å². The predicted octanol–water partition coefficient (Wildman–Crippen LogP) is 4.08. The lowest BCUT2D eigenvalue weighted by atomic mass is 9.84. The Morgan fingerprint density at radius 1 is 1.17 bits per heavy atom. The Morgan fingerprint density at radius 2 is 1.72 bits per heavy atom. The third-order valence-electron chi connectivity index (χ3n) is 2.98. The van der Waals surface area contributed by atoms with Crippen LogP contribution in [0.5, 0.6) is 5.75 Å². The van der Waals surface area contributed by atoms with Crippen LogP contribution in [0.2, 0.25) is 0 Å². The molecule has 0 aliphatic heterocycles. The molecule has 0 atom stereocenters. The summed E-state index contributed by atoms with van der Waals surface area (Å²) in [6.45, 7) is 10.5. The van der Waals surface area contributed by atoms with Gasteiger partial charge >= 0.3 is 0 Å². The zero-order chi connectivity index (χ0) is 14.2. The minimum absolute atomic E-state index is 0.117. The van der Waals surface area contributed by atoms with Crippen LogP contribution < -0.4 is 4.74 Å². The second-order valence-corrected chi connectivity index (χ2v) is 5.25. The molecule has 0 bridgehead atoms. The molecule has 1 aromatic rings. The molecule has 0 unspecified atom stereocenters. The topological polar surface area (TPSA) is 29.5 Å². The third-order valence-corrected chi connectivity index (χ3v) is 2.98. The Kier molecular flexibility index (Phi) is 7.69. The molecule has 0 aliphatic carbocycles. The van der Waals surface area contributed by atoms with Crippen molar-refractivity contribution in [3.63, 3.8) is 0 Å². The van der Waals surface area contributed by atoms with Crippen molar-refractivity contribution in [2.75, 3.05) is 13.7 Å². The van der Waals surface area contributed by atoms with Gasteiger partial charge in [0, 0.05) is 11.0 Å². The fourth-order valence-electron chi connectivity index (χ4n) is 1.44. The average Bonchev–Trinajstić information content (AvgIpc) is 2.38. The van der Waals surface area contributed by atoms with E-state index in [0.717, 1.165) is 11.3 Å². The minimum atomic E-state index is -0.251. The Hall–Kier alpha value is -1.02. The molecule has 104 valence electrons. The van der Waals surface area contributed by atoms with Crippen LogP contribution in [0.1, 0.15) is 51.7 Å². The highest BCUT2D eigenvalue weighted by Crippen LogP contribution is 2.31. The Labute approximate surface area is 112 Å². The maximum Gasteiger partial charge on any atom is 0.122 e. The number of methoxy groups -OCH3 is 1. The summed E-state index contributed by atoms with van der Waals surface area (Å²) >= 11 is 0. The maximum absolute atomic E-state index is 9.28. The molecular weight excluding hydrogens is 224 g/mol. The smallest absolute Gasteiger partial charge is 0.122 e. The Bertz CT molecular complexity index is 341. The first-order valence-electron chi connectivity index (χ1n) is 6.68. The fourth-order valence-corrected chi connectivity index (χ4v) is 1.44. The molecular formula is C16H28O2. The summed E-state index contributed by atoms with van der Waals surface area (Å²) in [5.74, 6) is 0.851. The van der Waals surface area contributed by atoms with Crippen LogP contribution in [-0.2, 0) is 5.41 Å². The van der Waals surface area contributed by atoms with E-state index in [1.165, 1.54) is 18.4 Å². The molecule has 0 amide bonds. The monoisotopic (exact) mass is 252 g/mol. The van der Waals surface area contributed by atoms with E-state index in [4.69, 9.17) is 4.74 Å². The van der Waals surface area contributed by atoms with E-state index >= 15 is 0 Å². The lowest BCUT2D eigenvalue weighted by Gasteiger charge is -2.24. The standard InChI is InChI=1S/C12H18O2.C4H10/c1-9-5-6-10(11(7-9)14-4)12(2,3)8-13;1-3-4-2/h5-7,13H,8H2,1-4H3;3-4H2,1-2H3. The number of aryl methyl sites for hydroxylation is 1. The van der Waals surface area contributed by atoms with Gasteiger partial charge in [0.25, 0.3) is 0 Å². The van der Waals surface area contributed by atoms with E-state index < -0.39 is 0 Å². The first-order valence-corrected chi connectivity index (χ1v) is 6.68. The first-order chi connectivity index (χ1) is 8.42. The van der Waals surface area contributed by atoms with E-state index in [2.05, 4.69) is 13.8 Å². The van der Waals surface area contributed by atoms with Crippen molar-refractivity contribution in [2.45, 2.75) is 52.9 Å². The van der Waals surface area contributed by atoms with Gasteiger partial charge in [0.15, 0.2) is 0 Å². The summed E-state index contributed by atoms with van der Waals surface area (Å²) in [5, 5.41) is 9.28. The van der Waals surface area contributed by atoms with Gasteiger partial charge in [0.05, 0.1) is 13.7 Å². The predicted molar refractivity (Wildman–Crippen MR) is 78.4 cm³/mol. The number of ether oxygens (including phenoxy) is 1. The number of benzene rings is 1. The van der Waals surface area contributed by atoms with Crippen molar-refractivity contribution in [2.24, 2.45) is 0 Å². The maximum atomic E-state index is 9.28. The number of hydrogen-bond acceptors (Lipinski definition) is 2. The van der Waals surface area contributed by atoms with Crippen molar-refractivity contribution >= 4 is 0 Å². The lowest BCUT2D eigenvalue weighted by Crippen LogP contribution is -2.22. The third kappa shape index (κ3) is 5.09. The van der Waals surface area contributed by atoms with Gasteiger partial charge in [0.2, 0.25) is 0 Å². The van der Waals surface area contributed by atoms with Crippen molar-refractivity contribution in [3.05, 3.63) is 29.3 Å². The molecule has 18 heavy (non-hydrogen) atoms. The summed E-state index contributed by atoms with van der Waals surface area (Å²) in [5.41, 5.74) is 1.96. The highest BCUT2D eigenvalue weighted by molar-refractivity contribution is 5.41. The SMILES string of the molecule is CCCC.COc1cc(C)ccc1C(C)(C)CO. The minimum Gasteiger partial charge on any atom is -0.496 e. The Morgan fingerprint density at radius 3 is 2.11 bits per heavy atom. The van der Waals surface area contributed by atoms with Gasteiger partial charge in [-0.2, -0.15) is 0 Å². The van der Waals surface area contributed by atoms with Crippen molar-refractivity contribution in [1.82, 2.24) is 0 Å². The molecule has 0 spiro atoms. The van der Waals surface area contributed by atoms with E-state index in [1.54, 1.807) is 7.11 Å². The summed E-state index contributed by atoms with van der Waals surface area (Å²) in [6, 6.07) is 6.05. The van der Waals surface area contributed by atoms with Gasteiger partial charge in [-0.25, -0.2) is 0 Å². The fraction of sp³-hybridized carbons (Fsp3) is 0.625. The Balaban J connectivity index is 0.000000631. The number of unbranched alkanes of at least 4 members (excludes halogenated alkanes) is 1. The van der Waals surface area contributed by atoms with Crippen LogP contribution in [0.4, 0.5) is 0 Å². The molecule has 2 heteroatoms. The lowest BCUT2D eigenvalue weighted by molar-refractivity contribution is 0.215. The molecule has 0 saturated heterocycles. The first kappa shape index (κ1) is 17.0. The van der Waals surface area contributed by atoms with Crippen LogP contribution in [0.3, 0.4) is 0 Å². The van der Waals surface area contributed by atoms with Gasteiger partial charge in [0.1, 0.15) is 5.75 Å². The molecule has 2 nitrogen and oxygen atoms in total. The van der Waals surface area contributed by atoms with Crippen molar-refractivity contribution in [1.29, 1.82) is 0 Å². The normalized spacial score (nSPS) is 10.6. The summed E-state index contributed by atoms with van der Waals surface area (Å²) in [7, 11) is 1.66. The van der Waals surface area contributed by atoms with E-state index in [1.807, 2.05) is 39.0 Å². The van der Waals surface area contributed by atoms with Crippen LogP contribution in [-0.4, -0.2) is 18.8 Å². The molecule has 0 saturated carbocycles. The second kappa shape index (κ2) is 8.15. The number of aliphatic hydroxyl groups excluding tert-OH is 1. The van der Waals surface area contributed by atoms with Crippen molar-refractivity contribution in [3.8, 4) is 5.75 Å². The quantitative estimate of drug-likeness (QED) is 0.875. The van der Waals surface area contributed by atoms with Crippen LogP contribution in [0.15, 0.2) is 18.2 Å². The van der Waals surface area contributed by atoms with Crippen LogP contribution in [0.25, 0.3) is 0 Å². The van der Waals surface area contributed by atoms with Gasteiger partial charge < -0.3 is 9.84 Å². The van der Waals surface area contributed by atoms with Gasteiger partial charge in [-0.15, -0.1) is 0 Å². The van der Waals surface area contributed by atoms with Crippen molar-refractivity contribution < 1.29 is 9.84 Å². The highest BCUT2D eigenvalue weighted by atomic mass is 16.5. The summed E-state index contributed by atoms with van der Waals surface area (Å²) < 4.78 is 5.30. The molecule has 1 N–H and O–H groups in total. The molecule has 0 aromatic heterocycles. The highest BCUT2D eigenvalue weighted by Gasteiger charge is 2.23. The second-order valence-electron chi connectivity index (χ2n) is 5.25. The van der Waals surface area contributed by atoms with Gasteiger partial charge in [-0.3, -0.25) is 0 Å². The van der Waals surface area contributed by atoms with Gasteiger partial charge in [-0.1, -0.05) is 52.7 Å². The largest absolute Gasteiger partial charge is 0.496 e. The number of aliphatic hydroxyl groups is 1. The molecule has 0 heterocycles.